The van der Waals surface area contributed by atoms with E-state index >= 15 is 0 Å². The normalized spacial score (nSPS) is 11.2. The molecule has 0 aromatic heterocycles. The number of thioether (sulfide) groups is 1. The minimum Gasteiger partial charge on any atom is -0.463 e. The molecule has 4 heteroatoms. The van der Waals surface area contributed by atoms with Crippen molar-refractivity contribution in [1.29, 1.82) is 0 Å². The van der Waals surface area contributed by atoms with Crippen LogP contribution in [-0.4, -0.2) is 29.0 Å². The highest BCUT2D eigenvalue weighted by Gasteiger charge is 2.15. The van der Waals surface area contributed by atoms with E-state index in [1.54, 1.807) is 25.6 Å². The second-order valence-corrected chi connectivity index (χ2v) is 5.55. The third-order valence-corrected chi connectivity index (χ3v) is 2.92. The Kier molecular flexibility index (Phi) is 5.51. The predicted octanol–water partition coefficient (Wildman–Crippen LogP) is 2.48. The first-order valence-corrected chi connectivity index (χ1v) is 6.52. The molecule has 1 rings (SSSR count). The zero-order chi connectivity index (χ0) is 12.7. The van der Waals surface area contributed by atoms with Gasteiger partial charge in [0, 0.05) is 10.6 Å². The van der Waals surface area contributed by atoms with E-state index in [1.165, 1.54) is 0 Å². The average Bonchev–Trinajstić information content (AvgIpc) is 2.27. The molecule has 1 N–H and O–H groups in total. The van der Waals surface area contributed by atoms with Crippen LogP contribution in [0, 0.1) is 0 Å². The van der Waals surface area contributed by atoms with Crippen LogP contribution >= 0.6 is 11.8 Å². The van der Waals surface area contributed by atoms with E-state index < -0.39 is 5.60 Å². The largest absolute Gasteiger partial charge is 0.463 e. The second kappa shape index (κ2) is 6.67. The molecular weight excluding hydrogens is 236 g/mol. The van der Waals surface area contributed by atoms with Crippen LogP contribution in [0.25, 0.3) is 0 Å². The molecule has 0 atom stereocenters. The Morgan fingerprint density at radius 2 is 2.00 bits per heavy atom. The lowest BCUT2D eigenvalue weighted by molar-refractivity contribution is -0.149. The Morgan fingerprint density at radius 3 is 2.59 bits per heavy atom. The van der Waals surface area contributed by atoms with Gasteiger partial charge in [-0.2, -0.15) is 0 Å². The topological polar surface area (TPSA) is 46.5 Å². The smallest absolute Gasteiger partial charge is 0.306 e. The van der Waals surface area contributed by atoms with Crippen LogP contribution in [-0.2, 0) is 9.53 Å². The molecule has 0 saturated heterocycles. The van der Waals surface area contributed by atoms with Crippen LogP contribution in [0.15, 0.2) is 35.2 Å². The predicted molar refractivity (Wildman–Crippen MR) is 69.0 cm³/mol. The lowest BCUT2D eigenvalue weighted by Crippen LogP contribution is -2.27. The van der Waals surface area contributed by atoms with Gasteiger partial charge in [-0.1, -0.05) is 18.2 Å². The van der Waals surface area contributed by atoms with Crippen LogP contribution in [0.4, 0.5) is 0 Å². The number of hydrogen-bond acceptors (Lipinski definition) is 4. The summed E-state index contributed by atoms with van der Waals surface area (Å²) in [6.45, 7) is 3.26. The van der Waals surface area contributed by atoms with Crippen molar-refractivity contribution in [1.82, 2.24) is 0 Å². The molecule has 1 aromatic rings. The molecule has 0 aliphatic carbocycles. The lowest BCUT2D eigenvalue weighted by atomic mass is 10.2. The van der Waals surface area contributed by atoms with Gasteiger partial charge in [-0.15, -0.1) is 11.8 Å². The number of rotatable bonds is 6. The van der Waals surface area contributed by atoms with E-state index in [0.29, 0.717) is 12.2 Å². The fourth-order valence-corrected chi connectivity index (χ4v) is 1.95. The Morgan fingerprint density at radius 1 is 1.35 bits per heavy atom. The van der Waals surface area contributed by atoms with Crippen LogP contribution in [0.2, 0.25) is 0 Å². The first kappa shape index (κ1) is 14.1. The third kappa shape index (κ3) is 7.02. The Balaban J connectivity index is 2.17. The molecular formula is C13H18O3S. The number of carbonyl (C=O) groups excluding carboxylic acids is 1. The molecule has 0 bridgehead atoms. The summed E-state index contributed by atoms with van der Waals surface area (Å²) >= 11 is 1.62. The first-order valence-electron chi connectivity index (χ1n) is 5.53. The van der Waals surface area contributed by atoms with Gasteiger partial charge in [0.15, 0.2) is 0 Å². The van der Waals surface area contributed by atoms with Crippen molar-refractivity contribution < 1.29 is 14.6 Å². The molecule has 0 unspecified atom stereocenters. The summed E-state index contributed by atoms with van der Waals surface area (Å²) in [7, 11) is 0. The van der Waals surface area contributed by atoms with Crippen molar-refractivity contribution in [3.63, 3.8) is 0 Å². The molecule has 94 valence electrons. The molecule has 0 spiro atoms. The molecule has 0 aliphatic rings. The summed E-state index contributed by atoms with van der Waals surface area (Å²) in [4.78, 5) is 12.5. The Labute approximate surface area is 106 Å². The summed E-state index contributed by atoms with van der Waals surface area (Å²) < 4.78 is 4.94. The van der Waals surface area contributed by atoms with Crippen molar-refractivity contribution in [2.24, 2.45) is 0 Å². The minimum atomic E-state index is -0.956. The molecule has 0 amide bonds. The zero-order valence-electron chi connectivity index (χ0n) is 10.2. The van der Waals surface area contributed by atoms with Gasteiger partial charge in [-0.05, 0) is 26.0 Å². The summed E-state index contributed by atoms with van der Waals surface area (Å²) in [5.41, 5.74) is -0.956. The summed E-state index contributed by atoms with van der Waals surface area (Å²) in [6.07, 6.45) is 0.357. The Hall–Kier alpha value is -1.00. The molecule has 3 nitrogen and oxygen atoms in total. The highest BCUT2D eigenvalue weighted by Crippen LogP contribution is 2.17. The molecule has 0 radical (unpaired) electrons. The second-order valence-electron chi connectivity index (χ2n) is 4.38. The minimum absolute atomic E-state index is 0.0435. The first-order chi connectivity index (χ1) is 7.97. The number of aliphatic hydroxyl groups is 1. The standard InChI is InChI=1S/C13H18O3S/c1-13(2,15)10-16-12(14)8-9-17-11-6-4-3-5-7-11/h3-7,15H,8-10H2,1-2H3. The number of benzene rings is 1. The van der Waals surface area contributed by atoms with Gasteiger partial charge in [0.2, 0.25) is 0 Å². The van der Waals surface area contributed by atoms with Crippen molar-refractivity contribution in [3.8, 4) is 0 Å². The molecule has 17 heavy (non-hydrogen) atoms. The third-order valence-electron chi connectivity index (χ3n) is 1.90. The summed E-state index contributed by atoms with van der Waals surface area (Å²) in [5, 5.41) is 9.39. The maximum Gasteiger partial charge on any atom is 0.306 e. The quantitative estimate of drug-likeness (QED) is 0.626. The van der Waals surface area contributed by atoms with Crippen LogP contribution < -0.4 is 0 Å². The average molecular weight is 254 g/mol. The van der Waals surface area contributed by atoms with E-state index in [2.05, 4.69) is 0 Å². The van der Waals surface area contributed by atoms with E-state index in [-0.39, 0.29) is 12.6 Å². The number of carbonyl (C=O) groups is 1. The van der Waals surface area contributed by atoms with Gasteiger partial charge >= 0.3 is 5.97 Å². The fraction of sp³-hybridized carbons (Fsp3) is 0.462. The van der Waals surface area contributed by atoms with Gasteiger partial charge in [-0.3, -0.25) is 4.79 Å². The monoisotopic (exact) mass is 254 g/mol. The maximum atomic E-state index is 11.3. The van der Waals surface area contributed by atoms with E-state index in [4.69, 9.17) is 4.74 Å². The van der Waals surface area contributed by atoms with Gasteiger partial charge in [-0.25, -0.2) is 0 Å². The highest BCUT2D eigenvalue weighted by molar-refractivity contribution is 7.99. The van der Waals surface area contributed by atoms with E-state index in [9.17, 15) is 9.90 Å². The number of hydrogen-bond donors (Lipinski definition) is 1. The van der Waals surface area contributed by atoms with Gasteiger partial charge in [0.25, 0.3) is 0 Å². The maximum absolute atomic E-state index is 11.3. The van der Waals surface area contributed by atoms with E-state index in [0.717, 1.165) is 4.90 Å². The SMILES string of the molecule is CC(C)(O)COC(=O)CCSc1ccccc1. The zero-order valence-corrected chi connectivity index (χ0v) is 11.0. The summed E-state index contributed by atoms with van der Waals surface area (Å²) in [5.74, 6) is 0.421. The number of ether oxygens (including phenoxy) is 1. The van der Waals surface area contributed by atoms with E-state index in [1.807, 2.05) is 30.3 Å². The molecule has 0 heterocycles. The van der Waals surface area contributed by atoms with Crippen molar-refractivity contribution in [2.75, 3.05) is 12.4 Å². The van der Waals surface area contributed by atoms with Crippen molar-refractivity contribution in [2.45, 2.75) is 30.8 Å². The van der Waals surface area contributed by atoms with Crippen LogP contribution in [0.1, 0.15) is 20.3 Å². The van der Waals surface area contributed by atoms with Crippen molar-refractivity contribution in [3.05, 3.63) is 30.3 Å². The fourth-order valence-electron chi connectivity index (χ4n) is 1.10. The van der Waals surface area contributed by atoms with Crippen molar-refractivity contribution >= 4 is 17.7 Å². The van der Waals surface area contributed by atoms with Crippen LogP contribution in [0.3, 0.4) is 0 Å². The Bertz CT molecular complexity index is 343. The van der Waals surface area contributed by atoms with Crippen LogP contribution in [0.5, 0.6) is 0 Å². The molecule has 1 aromatic carbocycles. The van der Waals surface area contributed by atoms with Gasteiger partial charge in [0.1, 0.15) is 6.61 Å². The lowest BCUT2D eigenvalue weighted by Gasteiger charge is -2.16. The summed E-state index contributed by atoms with van der Waals surface area (Å²) in [6, 6.07) is 9.91. The molecule has 0 saturated carbocycles. The van der Waals surface area contributed by atoms with Gasteiger partial charge in [0.05, 0.1) is 12.0 Å². The number of esters is 1. The molecule has 0 fully saturated rings. The van der Waals surface area contributed by atoms with Gasteiger partial charge < -0.3 is 9.84 Å². The highest BCUT2D eigenvalue weighted by atomic mass is 32.2. The molecule has 0 aliphatic heterocycles.